The molecule has 1 aromatic rings. The van der Waals surface area contributed by atoms with Gasteiger partial charge < -0.3 is 21.3 Å². The van der Waals surface area contributed by atoms with E-state index >= 15 is 0 Å². The van der Waals surface area contributed by atoms with Gasteiger partial charge in [-0.05, 0) is 39.8 Å². The number of carbonyl (C=O) groups is 2. The van der Waals surface area contributed by atoms with E-state index in [1.165, 1.54) is 23.2 Å². The highest BCUT2D eigenvalue weighted by Crippen LogP contribution is 1.94. The summed E-state index contributed by atoms with van der Waals surface area (Å²) in [6.07, 6.45) is 5.78. The lowest BCUT2D eigenvalue weighted by Crippen LogP contribution is -2.41. The van der Waals surface area contributed by atoms with Crippen LogP contribution in [-0.4, -0.2) is 60.6 Å². The highest BCUT2D eigenvalue weighted by atomic mass is 16.2. The maximum atomic E-state index is 11.8. The Morgan fingerprint density at radius 3 is 2.74 bits per heavy atom. The summed E-state index contributed by atoms with van der Waals surface area (Å²) in [5.74, 6) is -0.114. The molecule has 152 valence electrons. The fraction of sp³-hybridized carbons (Fsp3) is 0.667. The molecule has 1 unspecified atom stereocenters. The van der Waals surface area contributed by atoms with E-state index in [1.807, 2.05) is 14.0 Å². The van der Waals surface area contributed by atoms with Gasteiger partial charge in [0.1, 0.15) is 0 Å². The minimum absolute atomic E-state index is 0.0415. The molecular weight excluding hydrogens is 348 g/mol. The highest BCUT2D eigenvalue weighted by molar-refractivity contribution is 5.78. The van der Waals surface area contributed by atoms with Crippen molar-refractivity contribution in [2.45, 2.75) is 45.2 Å². The van der Waals surface area contributed by atoms with Crippen molar-refractivity contribution in [3.8, 4) is 0 Å². The van der Waals surface area contributed by atoms with E-state index in [4.69, 9.17) is 0 Å². The van der Waals surface area contributed by atoms with Crippen molar-refractivity contribution < 1.29 is 9.59 Å². The van der Waals surface area contributed by atoms with E-state index in [0.29, 0.717) is 32.5 Å². The molecule has 9 heteroatoms. The summed E-state index contributed by atoms with van der Waals surface area (Å²) in [6.45, 7) is 4.61. The third kappa shape index (κ3) is 11.1. The van der Waals surface area contributed by atoms with Crippen molar-refractivity contribution >= 4 is 11.8 Å². The number of hydrogen-bond donors (Lipinski definition) is 4. The molecule has 1 aromatic heterocycles. The van der Waals surface area contributed by atoms with E-state index in [2.05, 4.69) is 26.3 Å². The van der Waals surface area contributed by atoms with Crippen LogP contribution in [0.3, 0.4) is 0 Å². The van der Waals surface area contributed by atoms with Crippen molar-refractivity contribution in [2.75, 3.05) is 33.2 Å². The van der Waals surface area contributed by atoms with Crippen LogP contribution in [0.2, 0.25) is 0 Å². The number of aryl methyl sites for hydroxylation is 1. The molecule has 2 amide bonds. The topological polar surface area (TPSA) is 117 Å². The summed E-state index contributed by atoms with van der Waals surface area (Å²) < 4.78 is 1.48. The number of rotatable bonds is 14. The molecule has 0 fully saturated rings. The minimum Gasteiger partial charge on any atom is -0.355 e. The first-order chi connectivity index (χ1) is 13.0. The molecule has 0 spiro atoms. The Hall–Kier alpha value is -2.26. The number of amides is 2. The number of nitrogens with one attached hydrogen (secondary N) is 4. The second kappa shape index (κ2) is 13.9. The minimum atomic E-state index is -0.121. The maximum Gasteiger partial charge on any atom is 0.253 e. The van der Waals surface area contributed by atoms with E-state index in [0.717, 1.165) is 19.4 Å². The molecule has 9 nitrogen and oxygen atoms in total. The Kier molecular flexibility index (Phi) is 11.7. The first-order valence-corrected chi connectivity index (χ1v) is 9.44. The molecule has 1 rings (SSSR count). The Labute approximate surface area is 160 Å². The monoisotopic (exact) mass is 380 g/mol. The van der Waals surface area contributed by atoms with Crippen molar-refractivity contribution in [1.29, 1.82) is 0 Å². The van der Waals surface area contributed by atoms with Gasteiger partial charge in [0.25, 0.3) is 5.56 Å². The lowest BCUT2D eigenvalue weighted by molar-refractivity contribution is -0.121. The highest BCUT2D eigenvalue weighted by Gasteiger charge is 2.06. The van der Waals surface area contributed by atoms with Crippen molar-refractivity contribution in [3.05, 3.63) is 28.9 Å². The Bertz CT molecular complexity index is 619. The molecule has 0 saturated heterocycles. The molecule has 0 radical (unpaired) electrons. The van der Waals surface area contributed by atoms with Gasteiger partial charge in [-0.15, -0.1) is 0 Å². The molecule has 0 aliphatic rings. The van der Waals surface area contributed by atoms with Gasteiger partial charge in [0, 0.05) is 44.4 Å². The van der Waals surface area contributed by atoms with Crippen LogP contribution in [0.25, 0.3) is 0 Å². The van der Waals surface area contributed by atoms with E-state index < -0.39 is 0 Å². The van der Waals surface area contributed by atoms with Gasteiger partial charge in [-0.3, -0.25) is 19.0 Å². The molecule has 27 heavy (non-hydrogen) atoms. The lowest BCUT2D eigenvalue weighted by atomic mass is 10.2. The third-order valence-corrected chi connectivity index (χ3v) is 3.98. The van der Waals surface area contributed by atoms with Gasteiger partial charge in [-0.25, -0.2) is 4.98 Å². The largest absolute Gasteiger partial charge is 0.355 e. The van der Waals surface area contributed by atoms with Crippen LogP contribution in [0, 0.1) is 0 Å². The standard InChI is InChI=1S/C18H32N6O3/c1-15(5-3-8-19-2)23-17(26)13-20-10-11-22-16(25)6-4-12-24-14-21-9-7-18(24)27/h7,9,14-15,19-20H,3-6,8,10-13H2,1-2H3,(H,22,25)(H,23,26). The summed E-state index contributed by atoms with van der Waals surface area (Å²) in [4.78, 5) is 38.9. The van der Waals surface area contributed by atoms with Crippen LogP contribution in [0.4, 0.5) is 0 Å². The molecule has 0 aliphatic carbocycles. The first-order valence-electron chi connectivity index (χ1n) is 9.44. The Morgan fingerprint density at radius 2 is 2.00 bits per heavy atom. The van der Waals surface area contributed by atoms with Crippen molar-refractivity contribution in [3.63, 3.8) is 0 Å². The molecule has 0 aromatic carbocycles. The van der Waals surface area contributed by atoms with Gasteiger partial charge in [-0.1, -0.05) is 0 Å². The second-order valence-electron chi connectivity index (χ2n) is 6.46. The van der Waals surface area contributed by atoms with Gasteiger partial charge in [0.05, 0.1) is 12.9 Å². The zero-order chi connectivity index (χ0) is 19.9. The van der Waals surface area contributed by atoms with Crippen LogP contribution in [-0.2, 0) is 16.1 Å². The number of aromatic nitrogens is 2. The summed E-state index contributed by atoms with van der Waals surface area (Å²) in [5.41, 5.74) is -0.121. The first kappa shape index (κ1) is 22.8. The number of carbonyl (C=O) groups excluding carboxylic acids is 2. The SMILES string of the molecule is CNCCCC(C)NC(=O)CNCCNC(=O)CCCn1cnccc1=O. The average molecular weight is 380 g/mol. The third-order valence-electron chi connectivity index (χ3n) is 3.98. The average Bonchev–Trinajstić information content (AvgIpc) is 2.63. The second-order valence-corrected chi connectivity index (χ2v) is 6.46. The molecule has 1 heterocycles. The van der Waals surface area contributed by atoms with Crippen LogP contribution in [0.1, 0.15) is 32.6 Å². The molecular formula is C18H32N6O3. The maximum absolute atomic E-state index is 11.8. The predicted octanol–water partition coefficient (Wildman–Crippen LogP) is -0.766. The Balaban J connectivity index is 2.02. The molecule has 0 aliphatic heterocycles. The van der Waals surface area contributed by atoms with E-state index in [9.17, 15) is 14.4 Å². The van der Waals surface area contributed by atoms with Crippen molar-refractivity contribution in [1.82, 2.24) is 30.8 Å². The zero-order valence-corrected chi connectivity index (χ0v) is 16.3. The summed E-state index contributed by atoms with van der Waals surface area (Å²) in [5, 5.41) is 11.8. The molecule has 4 N–H and O–H groups in total. The Morgan fingerprint density at radius 1 is 1.19 bits per heavy atom. The normalized spacial score (nSPS) is 11.8. The zero-order valence-electron chi connectivity index (χ0n) is 16.3. The van der Waals surface area contributed by atoms with Crippen molar-refractivity contribution in [2.24, 2.45) is 0 Å². The van der Waals surface area contributed by atoms with Gasteiger partial charge in [-0.2, -0.15) is 0 Å². The lowest BCUT2D eigenvalue weighted by Gasteiger charge is -2.14. The van der Waals surface area contributed by atoms with Crippen LogP contribution in [0.5, 0.6) is 0 Å². The van der Waals surface area contributed by atoms with Gasteiger partial charge in [0.15, 0.2) is 0 Å². The smallest absolute Gasteiger partial charge is 0.253 e. The van der Waals surface area contributed by atoms with Crippen LogP contribution < -0.4 is 26.8 Å². The fourth-order valence-electron chi connectivity index (χ4n) is 2.52. The predicted molar refractivity (Wildman–Crippen MR) is 104 cm³/mol. The number of hydrogen-bond acceptors (Lipinski definition) is 6. The van der Waals surface area contributed by atoms with E-state index in [-0.39, 0.29) is 30.0 Å². The summed E-state index contributed by atoms with van der Waals surface area (Å²) in [6, 6.07) is 1.55. The number of nitrogens with zero attached hydrogens (tertiary/aromatic N) is 2. The summed E-state index contributed by atoms with van der Waals surface area (Å²) >= 11 is 0. The van der Waals surface area contributed by atoms with Crippen LogP contribution in [0.15, 0.2) is 23.4 Å². The molecule has 0 saturated carbocycles. The fourth-order valence-corrected chi connectivity index (χ4v) is 2.52. The summed E-state index contributed by atoms with van der Waals surface area (Å²) in [7, 11) is 1.91. The van der Waals surface area contributed by atoms with Gasteiger partial charge >= 0.3 is 0 Å². The van der Waals surface area contributed by atoms with Crippen LogP contribution >= 0.6 is 0 Å². The quantitative estimate of drug-likeness (QED) is 0.315. The van der Waals surface area contributed by atoms with E-state index in [1.54, 1.807) is 0 Å². The van der Waals surface area contributed by atoms with Gasteiger partial charge in [0.2, 0.25) is 11.8 Å². The molecule has 1 atom stereocenters. The molecule has 0 bridgehead atoms.